The molecule has 4 nitrogen and oxygen atoms in total. The summed E-state index contributed by atoms with van der Waals surface area (Å²) in [5.74, 6) is 0. The van der Waals surface area contributed by atoms with Gasteiger partial charge in [0.1, 0.15) is 13.4 Å². The first-order valence-corrected chi connectivity index (χ1v) is 7.92. The lowest BCUT2D eigenvalue weighted by Crippen LogP contribution is -2.36. The van der Waals surface area contributed by atoms with E-state index in [0.29, 0.717) is 0 Å². The molecule has 2 heterocycles. The van der Waals surface area contributed by atoms with Gasteiger partial charge in [-0.2, -0.15) is 0 Å². The minimum absolute atomic E-state index is 0.0857. The lowest BCUT2D eigenvalue weighted by molar-refractivity contribution is 0.0222. The minimum atomic E-state index is -0.457. The quantitative estimate of drug-likeness (QED) is 0.822. The molecular formula is C17H23BN2O2. The summed E-state index contributed by atoms with van der Waals surface area (Å²) in [6, 6.07) is 8.62. The molecule has 0 spiro atoms. The van der Waals surface area contributed by atoms with E-state index in [-0.39, 0.29) is 12.1 Å². The van der Waals surface area contributed by atoms with Crippen LogP contribution in [-0.2, 0) is 4.74 Å². The maximum absolute atomic E-state index is 12.4. The predicted molar refractivity (Wildman–Crippen MR) is 91.4 cm³/mol. The van der Waals surface area contributed by atoms with E-state index in [2.05, 4.69) is 37.1 Å². The number of hydrogen-bond acceptors (Lipinski definition) is 2. The second kappa shape index (κ2) is 5.38. The number of likely N-dealkylation sites (tertiary alicyclic amines) is 1. The van der Waals surface area contributed by atoms with Crippen molar-refractivity contribution in [2.75, 3.05) is 6.54 Å². The summed E-state index contributed by atoms with van der Waals surface area (Å²) < 4.78 is 5.54. The van der Waals surface area contributed by atoms with Gasteiger partial charge in [0.05, 0.1) is 6.04 Å². The van der Waals surface area contributed by atoms with Crippen molar-refractivity contribution < 1.29 is 9.53 Å². The fourth-order valence-electron chi connectivity index (χ4n) is 3.08. The number of hydrogen-bond donors (Lipinski definition) is 1. The summed E-state index contributed by atoms with van der Waals surface area (Å²) >= 11 is 0. The monoisotopic (exact) mass is 298 g/mol. The summed E-state index contributed by atoms with van der Waals surface area (Å²) in [6.45, 7) is 6.47. The highest BCUT2D eigenvalue weighted by Crippen LogP contribution is 2.34. The minimum Gasteiger partial charge on any atom is -0.444 e. The highest BCUT2D eigenvalue weighted by molar-refractivity contribution is 6.33. The van der Waals surface area contributed by atoms with E-state index in [4.69, 9.17) is 4.74 Å². The van der Waals surface area contributed by atoms with E-state index in [1.807, 2.05) is 25.7 Å². The molecule has 0 saturated carbocycles. The molecule has 3 rings (SSSR count). The van der Waals surface area contributed by atoms with E-state index < -0.39 is 5.60 Å². The van der Waals surface area contributed by atoms with E-state index >= 15 is 0 Å². The number of benzene rings is 1. The number of fused-ring (bicyclic) bond motifs is 1. The number of amides is 1. The van der Waals surface area contributed by atoms with Crippen LogP contribution in [-0.4, -0.2) is 36.0 Å². The molecule has 0 bridgehead atoms. The van der Waals surface area contributed by atoms with Gasteiger partial charge in [-0.05, 0) is 51.1 Å². The van der Waals surface area contributed by atoms with Crippen LogP contribution in [0.25, 0.3) is 10.9 Å². The molecule has 0 unspecified atom stereocenters. The van der Waals surface area contributed by atoms with Gasteiger partial charge in [-0.15, -0.1) is 0 Å². The van der Waals surface area contributed by atoms with E-state index in [0.717, 1.165) is 30.6 Å². The van der Waals surface area contributed by atoms with Gasteiger partial charge in [-0.3, -0.25) is 4.90 Å². The van der Waals surface area contributed by atoms with Crippen molar-refractivity contribution in [2.24, 2.45) is 0 Å². The molecule has 1 saturated heterocycles. The number of carbonyl (C=O) groups excluding carboxylic acids is 1. The summed E-state index contributed by atoms with van der Waals surface area (Å²) in [6.07, 6.45) is 1.77. The predicted octanol–water partition coefficient (Wildman–Crippen LogP) is 2.50. The maximum atomic E-state index is 12.4. The molecule has 1 N–H and O–H groups in total. The fraction of sp³-hybridized carbons (Fsp3) is 0.471. The van der Waals surface area contributed by atoms with Crippen LogP contribution in [0.2, 0.25) is 0 Å². The fourth-order valence-corrected chi connectivity index (χ4v) is 3.08. The topological polar surface area (TPSA) is 45.3 Å². The molecular weight excluding hydrogens is 275 g/mol. The number of aromatic amines is 1. The third-order valence-electron chi connectivity index (χ3n) is 4.04. The highest BCUT2D eigenvalue weighted by Gasteiger charge is 2.33. The molecule has 1 fully saturated rings. The Balaban J connectivity index is 1.86. The second-order valence-corrected chi connectivity index (χ2v) is 7.15. The van der Waals surface area contributed by atoms with E-state index in [9.17, 15) is 4.79 Å². The van der Waals surface area contributed by atoms with Gasteiger partial charge in [0.15, 0.2) is 0 Å². The molecule has 1 aliphatic rings. The average molecular weight is 298 g/mol. The summed E-state index contributed by atoms with van der Waals surface area (Å²) in [5, 5.41) is 1.20. The molecule has 1 atom stereocenters. The van der Waals surface area contributed by atoms with Gasteiger partial charge in [0.2, 0.25) is 0 Å². The SMILES string of the molecule is Bc1ccc2[nH]c([C@@H]3CCCN3C(=O)OC(C)(C)C)cc2c1. The number of rotatable bonds is 1. The Morgan fingerprint density at radius 3 is 2.86 bits per heavy atom. The van der Waals surface area contributed by atoms with Gasteiger partial charge in [0, 0.05) is 17.8 Å². The number of nitrogens with one attached hydrogen (secondary N) is 1. The normalized spacial score (nSPS) is 18.9. The number of nitrogens with zero attached hydrogens (tertiary/aromatic N) is 1. The van der Waals surface area contributed by atoms with Crippen molar-refractivity contribution in [3.63, 3.8) is 0 Å². The van der Waals surface area contributed by atoms with Gasteiger partial charge in [-0.25, -0.2) is 4.79 Å². The van der Waals surface area contributed by atoms with Crippen molar-refractivity contribution in [3.05, 3.63) is 30.0 Å². The Hall–Kier alpha value is -1.91. The van der Waals surface area contributed by atoms with Crippen molar-refractivity contribution in [1.82, 2.24) is 9.88 Å². The molecule has 22 heavy (non-hydrogen) atoms. The van der Waals surface area contributed by atoms with E-state index in [1.54, 1.807) is 0 Å². The number of H-pyrrole nitrogens is 1. The van der Waals surface area contributed by atoms with Crippen LogP contribution in [0, 0.1) is 0 Å². The largest absolute Gasteiger partial charge is 0.444 e. The summed E-state index contributed by atoms with van der Waals surface area (Å²) in [7, 11) is 2.09. The van der Waals surface area contributed by atoms with Crippen LogP contribution in [0.5, 0.6) is 0 Å². The molecule has 1 amide bonds. The van der Waals surface area contributed by atoms with Gasteiger partial charge < -0.3 is 9.72 Å². The van der Waals surface area contributed by atoms with Crippen LogP contribution in [0.15, 0.2) is 24.3 Å². The molecule has 1 aromatic heterocycles. The van der Waals surface area contributed by atoms with Crippen molar-refractivity contribution in [3.8, 4) is 0 Å². The first-order valence-electron chi connectivity index (χ1n) is 7.92. The van der Waals surface area contributed by atoms with Crippen LogP contribution in [0.3, 0.4) is 0 Å². The Morgan fingerprint density at radius 1 is 1.36 bits per heavy atom. The third kappa shape index (κ3) is 2.98. The average Bonchev–Trinajstić information content (AvgIpc) is 3.01. The van der Waals surface area contributed by atoms with Crippen molar-refractivity contribution >= 4 is 30.3 Å². The molecule has 0 radical (unpaired) electrons. The number of carbonyl (C=O) groups is 1. The van der Waals surface area contributed by atoms with Gasteiger partial charge in [-0.1, -0.05) is 17.6 Å². The zero-order valence-corrected chi connectivity index (χ0v) is 13.8. The van der Waals surface area contributed by atoms with Crippen LogP contribution in [0.4, 0.5) is 4.79 Å². The zero-order valence-electron chi connectivity index (χ0n) is 13.8. The second-order valence-electron chi connectivity index (χ2n) is 7.15. The van der Waals surface area contributed by atoms with Crippen LogP contribution in [0.1, 0.15) is 45.3 Å². The molecule has 116 valence electrons. The van der Waals surface area contributed by atoms with Gasteiger partial charge >= 0.3 is 6.09 Å². The van der Waals surface area contributed by atoms with Crippen molar-refractivity contribution in [2.45, 2.75) is 45.3 Å². The Kier molecular flexibility index (Phi) is 3.67. The molecule has 0 aliphatic carbocycles. The van der Waals surface area contributed by atoms with Gasteiger partial charge in [0.25, 0.3) is 0 Å². The number of aromatic nitrogens is 1. The highest BCUT2D eigenvalue weighted by atomic mass is 16.6. The molecule has 1 aliphatic heterocycles. The van der Waals surface area contributed by atoms with Crippen molar-refractivity contribution in [1.29, 1.82) is 0 Å². The lowest BCUT2D eigenvalue weighted by atomic mass is 9.95. The first kappa shape index (κ1) is 15.0. The lowest BCUT2D eigenvalue weighted by Gasteiger charge is -2.28. The summed E-state index contributed by atoms with van der Waals surface area (Å²) in [4.78, 5) is 17.7. The zero-order chi connectivity index (χ0) is 15.9. The Morgan fingerprint density at radius 2 is 2.14 bits per heavy atom. The van der Waals surface area contributed by atoms with Crippen LogP contribution < -0.4 is 5.46 Å². The molecule has 1 aromatic carbocycles. The van der Waals surface area contributed by atoms with Crippen LogP contribution >= 0.6 is 0 Å². The van der Waals surface area contributed by atoms with E-state index in [1.165, 1.54) is 10.8 Å². The third-order valence-corrected chi connectivity index (χ3v) is 4.04. The number of ether oxygens (including phenoxy) is 1. The molecule has 2 aromatic rings. The Labute approximate surface area is 132 Å². The maximum Gasteiger partial charge on any atom is 0.410 e. The smallest absolute Gasteiger partial charge is 0.410 e. The first-order chi connectivity index (χ1) is 10.3. The summed E-state index contributed by atoms with van der Waals surface area (Å²) in [5.41, 5.74) is 3.01. The molecule has 5 heteroatoms. The Bertz CT molecular complexity index is 702. The standard InChI is InChI=1S/C17H23BN2O2/c1-17(2,3)22-16(21)20-8-4-5-15(20)14-10-11-9-12(18)6-7-13(11)19-14/h6-7,9-10,15,19H,4-5,8,18H2,1-3H3/t15-/m0/s1.